The predicted octanol–water partition coefficient (Wildman–Crippen LogP) is -0.426. The molecule has 1 heterocycles. The molecule has 0 saturated carbocycles. The molecular weight excluding hydrogens is 290 g/mol. The Morgan fingerprint density at radius 3 is 2.71 bits per heavy atom. The van der Waals surface area contributed by atoms with Crippen LogP contribution in [0.15, 0.2) is 23.1 Å². The van der Waals surface area contributed by atoms with Gasteiger partial charge in [-0.3, -0.25) is 4.90 Å². The normalized spacial score (nSPS) is 21.4. The van der Waals surface area contributed by atoms with Gasteiger partial charge in [-0.1, -0.05) is 0 Å². The van der Waals surface area contributed by atoms with Crippen LogP contribution in [0.4, 0.5) is 11.4 Å². The molecule has 0 bridgehead atoms. The van der Waals surface area contributed by atoms with Crippen molar-refractivity contribution in [3.05, 3.63) is 18.2 Å². The number of piperazine rings is 1. The zero-order chi connectivity index (χ0) is 15.6. The standard InChI is InChI=1S/C13H23N5O2S/c1-17-5-6-18(2)11(9-17)8-16-12-4-3-10(14)7-13(12)21(15,19)20/h3-4,7,11,16H,5-6,8-9,14H2,1-2H3,(H2,15,19,20). The zero-order valence-corrected chi connectivity index (χ0v) is 13.2. The van der Waals surface area contributed by atoms with Crippen molar-refractivity contribution in [2.75, 3.05) is 51.3 Å². The van der Waals surface area contributed by atoms with Gasteiger partial charge in [0.2, 0.25) is 10.0 Å². The van der Waals surface area contributed by atoms with Gasteiger partial charge < -0.3 is 16.0 Å². The molecule has 1 aliphatic rings. The third-order valence-electron chi connectivity index (χ3n) is 3.82. The van der Waals surface area contributed by atoms with Crippen molar-refractivity contribution in [2.24, 2.45) is 5.14 Å². The van der Waals surface area contributed by atoms with Crippen LogP contribution >= 0.6 is 0 Å². The molecule has 21 heavy (non-hydrogen) atoms. The fourth-order valence-electron chi connectivity index (χ4n) is 2.47. The zero-order valence-electron chi connectivity index (χ0n) is 12.4. The van der Waals surface area contributed by atoms with Crippen molar-refractivity contribution in [3.63, 3.8) is 0 Å². The SMILES string of the molecule is CN1CCN(C)C(CNc2ccc(N)cc2S(N)(=O)=O)C1. The number of hydrogen-bond acceptors (Lipinski definition) is 6. The summed E-state index contributed by atoms with van der Waals surface area (Å²) < 4.78 is 23.3. The van der Waals surface area contributed by atoms with Crippen molar-refractivity contribution in [3.8, 4) is 0 Å². The molecular formula is C13H23N5O2S. The predicted molar refractivity (Wildman–Crippen MR) is 84.6 cm³/mol. The van der Waals surface area contributed by atoms with Crippen LogP contribution in [-0.4, -0.2) is 64.5 Å². The van der Waals surface area contributed by atoms with Crippen LogP contribution in [0.3, 0.4) is 0 Å². The van der Waals surface area contributed by atoms with E-state index in [0.717, 1.165) is 19.6 Å². The first-order chi connectivity index (χ1) is 9.77. The molecule has 1 aromatic rings. The smallest absolute Gasteiger partial charge is 0.240 e. The van der Waals surface area contributed by atoms with E-state index in [0.29, 0.717) is 24.0 Å². The van der Waals surface area contributed by atoms with Crippen molar-refractivity contribution in [1.82, 2.24) is 9.80 Å². The van der Waals surface area contributed by atoms with Crippen molar-refractivity contribution >= 4 is 21.4 Å². The van der Waals surface area contributed by atoms with Gasteiger partial charge in [-0.2, -0.15) is 0 Å². The number of hydrogen-bond donors (Lipinski definition) is 3. The summed E-state index contributed by atoms with van der Waals surface area (Å²) in [7, 11) is 0.355. The molecule has 1 unspecified atom stereocenters. The molecule has 8 heteroatoms. The minimum Gasteiger partial charge on any atom is -0.399 e. The van der Waals surface area contributed by atoms with E-state index in [9.17, 15) is 8.42 Å². The lowest BCUT2D eigenvalue weighted by Gasteiger charge is -2.38. The Hall–Kier alpha value is -1.35. The molecule has 0 aromatic heterocycles. The van der Waals surface area contributed by atoms with Crippen LogP contribution in [0.2, 0.25) is 0 Å². The number of likely N-dealkylation sites (N-methyl/N-ethyl adjacent to an activating group) is 2. The van der Waals surface area contributed by atoms with E-state index < -0.39 is 10.0 Å². The van der Waals surface area contributed by atoms with Crippen LogP contribution in [0, 0.1) is 0 Å². The number of nitrogens with one attached hydrogen (secondary N) is 1. The van der Waals surface area contributed by atoms with Crippen molar-refractivity contribution in [1.29, 1.82) is 0 Å². The molecule has 1 saturated heterocycles. The van der Waals surface area contributed by atoms with Gasteiger partial charge in [0.05, 0.1) is 5.69 Å². The average Bonchev–Trinajstić information content (AvgIpc) is 2.40. The molecule has 118 valence electrons. The third-order valence-corrected chi connectivity index (χ3v) is 4.77. The van der Waals surface area contributed by atoms with Crippen LogP contribution in [0.5, 0.6) is 0 Å². The Labute approximate surface area is 125 Å². The van der Waals surface area contributed by atoms with Gasteiger partial charge >= 0.3 is 0 Å². The second-order valence-electron chi connectivity index (χ2n) is 5.58. The lowest BCUT2D eigenvalue weighted by atomic mass is 10.2. The highest BCUT2D eigenvalue weighted by Gasteiger charge is 2.22. The van der Waals surface area contributed by atoms with E-state index in [1.807, 2.05) is 0 Å². The lowest BCUT2D eigenvalue weighted by Crippen LogP contribution is -2.52. The van der Waals surface area contributed by atoms with Gasteiger partial charge in [-0.25, -0.2) is 13.6 Å². The minimum atomic E-state index is -3.80. The van der Waals surface area contributed by atoms with Gasteiger partial charge in [0, 0.05) is 37.9 Å². The highest BCUT2D eigenvalue weighted by Crippen LogP contribution is 2.23. The fourth-order valence-corrected chi connectivity index (χ4v) is 3.22. The first-order valence-corrected chi connectivity index (χ1v) is 8.37. The largest absolute Gasteiger partial charge is 0.399 e. The molecule has 1 aliphatic heterocycles. The van der Waals surface area contributed by atoms with Gasteiger partial charge in [0.15, 0.2) is 0 Å². The number of sulfonamides is 1. The number of nitrogens with zero attached hydrogens (tertiary/aromatic N) is 2. The number of nitrogens with two attached hydrogens (primary N) is 2. The first-order valence-electron chi connectivity index (χ1n) is 6.82. The van der Waals surface area contributed by atoms with Crippen LogP contribution in [-0.2, 0) is 10.0 Å². The highest BCUT2D eigenvalue weighted by molar-refractivity contribution is 7.89. The molecule has 0 radical (unpaired) electrons. The Morgan fingerprint density at radius 2 is 2.05 bits per heavy atom. The summed E-state index contributed by atoms with van der Waals surface area (Å²) in [5, 5.41) is 8.43. The van der Waals surface area contributed by atoms with Crippen LogP contribution < -0.4 is 16.2 Å². The van der Waals surface area contributed by atoms with Crippen LogP contribution in [0.25, 0.3) is 0 Å². The summed E-state index contributed by atoms with van der Waals surface area (Å²) in [5.74, 6) is 0. The highest BCUT2D eigenvalue weighted by atomic mass is 32.2. The number of nitrogen functional groups attached to an aromatic ring is 1. The van der Waals surface area contributed by atoms with Crippen molar-refractivity contribution in [2.45, 2.75) is 10.9 Å². The summed E-state index contributed by atoms with van der Waals surface area (Å²) in [4.78, 5) is 4.56. The maximum atomic E-state index is 11.6. The molecule has 2 rings (SSSR count). The van der Waals surface area contributed by atoms with E-state index in [4.69, 9.17) is 10.9 Å². The number of primary sulfonamides is 1. The number of anilines is 2. The Balaban J connectivity index is 2.13. The molecule has 5 N–H and O–H groups in total. The van der Waals surface area contributed by atoms with E-state index in [-0.39, 0.29) is 4.90 Å². The van der Waals surface area contributed by atoms with E-state index in [1.165, 1.54) is 6.07 Å². The third kappa shape index (κ3) is 4.07. The monoisotopic (exact) mass is 313 g/mol. The van der Waals surface area contributed by atoms with E-state index >= 15 is 0 Å². The lowest BCUT2D eigenvalue weighted by molar-refractivity contribution is 0.122. The summed E-state index contributed by atoms with van der Waals surface area (Å²) >= 11 is 0. The van der Waals surface area contributed by atoms with Crippen molar-refractivity contribution < 1.29 is 8.42 Å². The molecule has 0 aliphatic carbocycles. The van der Waals surface area contributed by atoms with Gasteiger partial charge in [-0.15, -0.1) is 0 Å². The topological polar surface area (TPSA) is 105 Å². The van der Waals surface area contributed by atoms with E-state index in [1.54, 1.807) is 12.1 Å². The van der Waals surface area contributed by atoms with E-state index in [2.05, 4.69) is 29.2 Å². The Morgan fingerprint density at radius 1 is 1.33 bits per heavy atom. The average molecular weight is 313 g/mol. The molecule has 1 atom stereocenters. The molecule has 7 nitrogen and oxygen atoms in total. The summed E-state index contributed by atoms with van der Waals surface area (Å²) in [6.45, 7) is 3.61. The molecule has 1 fully saturated rings. The number of benzene rings is 1. The first kappa shape index (κ1) is 16.0. The maximum absolute atomic E-state index is 11.6. The van der Waals surface area contributed by atoms with Crippen LogP contribution in [0.1, 0.15) is 0 Å². The fraction of sp³-hybridized carbons (Fsp3) is 0.538. The van der Waals surface area contributed by atoms with Gasteiger partial charge in [-0.05, 0) is 32.3 Å². The minimum absolute atomic E-state index is 0.0364. The molecule has 0 amide bonds. The summed E-state index contributed by atoms with van der Waals surface area (Å²) in [5.41, 5.74) is 6.51. The Kier molecular flexibility index (Phi) is 4.72. The maximum Gasteiger partial charge on any atom is 0.240 e. The van der Waals surface area contributed by atoms with Gasteiger partial charge in [0.1, 0.15) is 4.90 Å². The summed E-state index contributed by atoms with van der Waals surface area (Å²) in [6.07, 6.45) is 0. The van der Waals surface area contributed by atoms with Gasteiger partial charge in [0.25, 0.3) is 0 Å². The summed E-state index contributed by atoms with van der Waals surface area (Å²) in [6, 6.07) is 5.01. The number of rotatable bonds is 4. The Bertz CT molecular complexity index is 605. The quantitative estimate of drug-likeness (QED) is 0.652. The second-order valence-corrected chi connectivity index (χ2v) is 7.11. The molecule has 0 spiro atoms. The molecule has 1 aromatic carbocycles. The second kappa shape index (κ2) is 6.18.